The number of fused-ring (bicyclic) bond motifs is 2. The van der Waals surface area contributed by atoms with Crippen LogP contribution >= 0.6 is 11.6 Å². The second kappa shape index (κ2) is 7.78. The maximum Gasteiger partial charge on any atom is 0.261 e. The van der Waals surface area contributed by atoms with Crippen molar-refractivity contribution in [1.82, 2.24) is 15.2 Å². The van der Waals surface area contributed by atoms with E-state index in [-0.39, 0.29) is 51.7 Å². The number of piperazine rings is 1. The minimum Gasteiger partial charge on any atom is -0.507 e. The van der Waals surface area contributed by atoms with Crippen LogP contribution in [0, 0.1) is 11.2 Å². The van der Waals surface area contributed by atoms with E-state index in [0.717, 1.165) is 6.42 Å². The highest BCUT2D eigenvalue weighted by Crippen LogP contribution is 2.47. The van der Waals surface area contributed by atoms with Crippen LogP contribution in [0.15, 0.2) is 18.2 Å². The van der Waals surface area contributed by atoms with E-state index in [1.165, 1.54) is 18.2 Å². The first kappa shape index (κ1) is 21.3. The van der Waals surface area contributed by atoms with Crippen molar-refractivity contribution in [2.45, 2.75) is 26.3 Å². The van der Waals surface area contributed by atoms with Gasteiger partial charge in [-0.1, -0.05) is 31.5 Å². The fourth-order valence-corrected chi connectivity index (χ4v) is 5.08. The van der Waals surface area contributed by atoms with Crippen LogP contribution in [0.2, 0.25) is 5.02 Å². The van der Waals surface area contributed by atoms with Gasteiger partial charge in [0.15, 0.2) is 5.75 Å². The number of benzene rings is 1. The summed E-state index contributed by atoms with van der Waals surface area (Å²) in [5.41, 5.74) is 0.337. The molecule has 0 saturated carbocycles. The summed E-state index contributed by atoms with van der Waals surface area (Å²) in [5.74, 6) is -0.458. The van der Waals surface area contributed by atoms with E-state index in [2.05, 4.69) is 19.2 Å². The third kappa shape index (κ3) is 3.46. The molecule has 9 heteroatoms. The van der Waals surface area contributed by atoms with Crippen molar-refractivity contribution in [2.75, 3.05) is 44.2 Å². The van der Waals surface area contributed by atoms with Crippen LogP contribution < -0.4 is 15.0 Å². The highest BCUT2D eigenvalue weighted by molar-refractivity contribution is 6.35. The number of anilines is 1. The Hall–Kier alpha value is -2.58. The average molecular weight is 461 g/mol. The van der Waals surface area contributed by atoms with Gasteiger partial charge in [0, 0.05) is 32.7 Å². The van der Waals surface area contributed by atoms with Crippen molar-refractivity contribution in [3.05, 3.63) is 34.6 Å². The van der Waals surface area contributed by atoms with Gasteiger partial charge in [0.1, 0.15) is 40.3 Å². The molecular weight excluding hydrogens is 435 g/mol. The van der Waals surface area contributed by atoms with E-state index in [1.807, 2.05) is 9.80 Å². The molecule has 1 aromatic carbocycles. The molecule has 170 valence electrons. The number of aromatic nitrogens is 1. The molecule has 0 bridgehead atoms. The zero-order valence-electron chi connectivity index (χ0n) is 18.1. The number of halogens is 2. The molecule has 32 heavy (non-hydrogen) atoms. The van der Waals surface area contributed by atoms with E-state index in [1.54, 1.807) is 0 Å². The topological polar surface area (TPSA) is 77.9 Å². The average Bonchev–Trinajstić information content (AvgIpc) is 3.04. The molecule has 1 aromatic heterocycles. The molecule has 4 heterocycles. The Kier molecular flexibility index (Phi) is 5.17. The molecule has 5 rings (SSSR count). The SMILES string of the molecule is CC1(C)CCN(c2nc(-c3c(O)cccc3F)c(Cl)c3c2C(=O)N2CCNC[C@@H]2CO3)C1. The number of ether oxygens (including phenoxy) is 1. The minimum atomic E-state index is -0.645. The second-order valence-corrected chi connectivity index (χ2v) is 9.82. The number of pyridine rings is 1. The lowest BCUT2D eigenvalue weighted by Crippen LogP contribution is -2.55. The number of nitrogens with zero attached hydrogens (tertiary/aromatic N) is 3. The quantitative estimate of drug-likeness (QED) is 0.716. The first-order chi connectivity index (χ1) is 15.3. The Bertz CT molecular complexity index is 1070. The number of phenols is 1. The molecular formula is C23H26ClFN4O3. The van der Waals surface area contributed by atoms with Gasteiger partial charge in [-0.3, -0.25) is 4.79 Å². The molecule has 0 radical (unpaired) electrons. The molecule has 1 atom stereocenters. The molecule has 1 amide bonds. The van der Waals surface area contributed by atoms with E-state index < -0.39 is 5.82 Å². The van der Waals surface area contributed by atoms with E-state index in [4.69, 9.17) is 21.3 Å². The van der Waals surface area contributed by atoms with Crippen molar-refractivity contribution in [3.63, 3.8) is 0 Å². The molecule has 0 unspecified atom stereocenters. The van der Waals surface area contributed by atoms with Gasteiger partial charge in [0.05, 0.1) is 11.6 Å². The van der Waals surface area contributed by atoms with Crippen LogP contribution in [0.1, 0.15) is 30.6 Å². The molecule has 0 aliphatic carbocycles. The summed E-state index contributed by atoms with van der Waals surface area (Å²) in [7, 11) is 0. The summed E-state index contributed by atoms with van der Waals surface area (Å²) in [6.45, 7) is 7.87. The normalized spacial score (nSPS) is 22.2. The number of hydrogen-bond donors (Lipinski definition) is 2. The maximum atomic E-state index is 14.8. The lowest BCUT2D eigenvalue weighted by molar-refractivity contribution is 0.0606. The molecule has 2 aromatic rings. The lowest BCUT2D eigenvalue weighted by atomic mass is 9.93. The Morgan fingerprint density at radius 1 is 1.31 bits per heavy atom. The maximum absolute atomic E-state index is 14.8. The lowest BCUT2D eigenvalue weighted by Gasteiger charge is -2.34. The molecule has 0 spiro atoms. The Morgan fingerprint density at radius 3 is 2.84 bits per heavy atom. The molecule has 2 fully saturated rings. The molecule has 2 N–H and O–H groups in total. The number of carbonyl (C=O) groups is 1. The first-order valence-corrected chi connectivity index (χ1v) is 11.3. The summed E-state index contributed by atoms with van der Waals surface area (Å²) < 4.78 is 20.9. The van der Waals surface area contributed by atoms with Crippen molar-refractivity contribution in [2.24, 2.45) is 5.41 Å². The van der Waals surface area contributed by atoms with Crippen LogP contribution in [-0.2, 0) is 0 Å². The molecule has 3 aliphatic rings. The van der Waals surface area contributed by atoms with Gasteiger partial charge >= 0.3 is 0 Å². The Labute approximate surface area is 191 Å². The van der Waals surface area contributed by atoms with Crippen molar-refractivity contribution < 1.29 is 19.0 Å². The monoisotopic (exact) mass is 460 g/mol. The van der Waals surface area contributed by atoms with Crippen molar-refractivity contribution >= 4 is 23.3 Å². The summed E-state index contributed by atoms with van der Waals surface area (Å²) >= 11 is 6.71. The first-order valence-electron chi connectivity index (χ1n) is 10.9. The fraction of sp³-hybridized carbons (Fsp3) is 0.478. The molecule has 2 saturated heterocycles. The van der Waals surface area contributed by atoms with Crippen LogP contribution in [0.25, 0.3) is 11.3 Å². The number of phenolic OH excluding ortho intramolecular Hbond substituents is 1. The predicted octanol–water partition coefficient (Wildman–Crippen LogP) is 3.29. The minimum absolute atomic E-state index is 0.0313. The van der Waals surface area contributed by atoms with Gasteiger partial charge in [-0.05, 0) is 24.0 Å². The van der Waals surface area contributed by atoms with Gasteiger partial charge in [-0.2, -0.15) is 0 Å². The van der Waals surface area contributed by atoms with Crippen LogP contribution in [0.5, 0.6) is 11.5 Å². The van der Waals surface area contributed by atoms with E-state index in [9.17, 15) is 14.3 Å². The summed E-state index contributed by atoms with van der Waals surface area (Å²) in [4.78, 5) is 22.3. The van der Waals surface area contributed by atoms with Gasteiger partial charge in [0.2, 0.25) is 0 Å². The van der Waals surface area contributed by atoms with Crippen molar-refractivity contribution in [3.8, 4) is 22.8 Å². The van der Waals surface area contributed by atoms with E-state index >= 15 is 0 Å². The molecule has 7 nitrogen and oxygen atoms in total. The van der Waals surface area contributed by atoms with Gasteiger partial charge < -0.3 is 25.0 Å². The fourth-order valence-electron chi connectivity index (χ4n) is 4.79. The Balaban J connectivity index is 1.74. The van der Waals surface area contributed by atoms with Crippen LogP contribution in [0.3, 0.4) is 0 Å². The van der Waals surface area contributed by atoms with Crippen LogP contribution in [0.4, 0.5) is 10.2 Å². The number of rotatable bonds is 2. The van der Waals surface area contributed by atoms with Gasteiger partial charge in [0.25, 0.3) is 5.91 Å². The third-order valence-electron chi connectivity index (χ3n) is 6.53. The number of amides is 1. The van der Waals surface area contributed by atoms with E-state index in [0.29, 0.717) is 44.1 Å². The number of nitrogens with one attached hydrogen (secondary N) is 1. The third-order valence-corrected chi connectivity index (χ3v) is 6.88. The highest BCUT2D eigenvalue weighted by atomic mass is 35.5. The summed E-state index contributed by atoms with van der Waals surface area (Å²) in [5, 5.41) is 13.7. The standard InChI is InChI=1S/C23H26ClFN4O3/c1-23(2)6-8-28(12-23)21-17-20(32-11-13-10-26-7-9-29(13)22(17)31)18(24)19(27-21)16-14(25)4-3-5-15(16)30/h3-5,13,26,30H,6-12H2,1-2H3/t13-/m1/s1. The highest BCUT2D eigenvalue weighted by Gasteiger charge is 2.40. The number of carbonyl (C=O) groups excluding carboxylic acids is 1. The van der Waals surface area contributed by atoms with Gasteiger partial charge in [-0.25, -0.2) is 9.37 Å². The van der Waals surface area contributed by atoms with Gasteiger partial charge in [-0.15, -0.1) is 0 Å². The summed E-state index contributed by atoms with van der Waals surface area (Å²) in [6, 6.07) is 3.92. The Morgan fingerprint density at radius 2 is 2.12 bits per heavy atom. The predicted molar refractivity (Wildman–Crippen MR) is 120 cm³/mol. The molecule has 3 aliphatic heterocycles. The number of hydrogen-bond acceptors (Lipinski definition) is 6. The smallest absolute Gasteiger partial charge is 0.261 e. The summed E-state index contributed by atoms with van der Waals surface area (Å²) in [6.07, 6.45) is 0.928. The zero-order chi connectivity index (χ0) is 22.6. The largest absolute Gasteiger partial charge is 0.507 e. The van der Waals surface area contributed by atoms with Crippen LogP contribution in [-0.4, -0.2) is 66.3 Å². The van der Waals surface area contributed by atoms with Crippen molar-refractivity contribution in [1.29, 1.82) is 0 Å². The number of aromatic hydroxyl groups is 1. The zero-order valence-corrected chi connectivity index (χ0v) is 18.9. The second-order valence-electron chi connectivity index (χ2n) is 9.44.